The van der Waals surface area contributed by atoms with Gasteiger partial charge in [0.2, 0.25) is 5.88 Å². The van der Waals surface area contributed by atoms with Crippen LogP contribution in [0.2, 0.25) is 0 Å². The van der Waals surface area contributed by atoms with E-state index in [4.69, 9.17) is 9.88 Å². The maximum absolute atomic E-state index is 13.3. The molecule has 10 heteroatoms. The lowest BCUT2D eigenvalue weighted by molar-refractivity contribution is 0.146. The lowest BCUT2D eigenvalue weighted by Gasteiger charge is -2.25. The number of nitrogens with two attached hydrogens (primary N) is 1. The first kappa shape index (κ1) is 22.4. The Morgan fingerprint density at radius 3 is 2.64 bits per heavy atom. The van der Waals surface area contributed by atoms with E-state index in [1.165, 1.54) is 28.5 Å². The smallest absolute Gasteiger partial charge is 0.354 e. The van der Waals surface area contributed by atoms with Crippen LogP contribution in [0.1, 0.15) is 41.5 Å². The predicted molar refractivity (Wildman–Crippen MR) is 127 cm³/mol. The molecule has 2 aliphatic carbocycles. The minimum atomic E-state index is -3.50. The van der Waals surface area contributed by atoms with E-state index in [9.17, 15) is 9.00 Å². The van der Waals surface area contributed by atoms with Crippen molar-refractivity contribution in [2.24, 2.45) is 15.4 Å². The summed E-state index contributed by atoms with van der Waals surface area (Å²) in [6.07, 6.45) is 8.50. The molecule has 0 radical (unpaired) electrons. The number of benzene rings is 1. The van der Waals surface area contributed by atoms with Crippen LogP contribution in [-0.4, -0.2) is 52.2 Å². The van der Waals surface area contributed by atoms with Crippen molar-refractivity contribution in [3.63, 3.8) is 0 Å². The SMILES string of the molecule is CN(C)CCC1COc2c(S(N)(=O)=NC(=O)Nc3c4c(cc5c3CCC5)CCC4)cnn2C1. The normalized spacial score (nSPS) is 20.5. The van der Waals surface area contributed by atoms with Gasteiger partial charge in [-0.15, -0.1) is 4.36 Å². The number of amides is 2. The van der Waals surface area contributed by atoms with E-state index in [1.807, 2.05) is 14.1 Å². The minimum Gasteiger partial charge on any atom is -0.477 e. The zero-order chi connectivity index (χ0) is 23.2. The van der Waals surface area contributed by atoms with E-state index >= 15 is 0 Å². The van der Waals surface area contributed by atoms with E-state index in [-0.39, 0.29) is 4.90 Å². The van der Waals surface area contributed by atoms with Crippen molar-refractivity contribution in [1.82, 2.24) is 14.7 Å². The number of rotatable bonds is 5. The topological polar surface area (TPSA) is 115 Å². The molecule has 1 aliphatic heterocycles. The highest BCUT2D eigenvalue weighted by Crippen LogP contribution is 2.39. The summed E-state index contributed by atoms with van der Waals surface area (Å²) in [7, 11) is 0.571. The molecule has 2 atom stereocenters. The third-order valence-corrected chi connectivity index (χ3v) is 8.22. The molecule has 1 aromatic carbocycles. The van der Waals surface area contributed by atoms with Crippen molar-refractivity contribution < 1.29 is 13.7 Å². The lowest BCUT2D eigenvalue weighted by atomic mass is 9.99. The average Bonchev–Trinajstić information content (AvgIpc) is 3.50. The summed E-state index contributed by atoms with van der Waals surface area (Å²) in [5.41, 5.74) is 5.86. The third-order valence-electron chi connectivity index (χ3n) is 6.87. The number of carbonyl (C=O) groups is 1. The van der Waals surface area contributed by atoms with E-state index < -0.39 is 15.9 Å². The molecule has 2 aromatic rings. The predicted octanol–water partition coefficient (Wildman–Crippen LogP) is 2.75. The van der Waals surface area contributed by atoms with Crippen LogP contribution < -0.4 is 15.2 Å². The summed E-state index contributed by atoms with van der Waals surface area (Å²) in [5, 5.41) is 13.3. The maximum atomic E-state index is 13.3. The molecule has 0 saturated carbocycles. The molecule has 5 rings (SSSR count). The van der Waals surface area contributed by atoms with Crippen molar-refractivity contribution in [2.75, 3.05) is 32.6 Å². The molecule has 9 nitrogen and oxygen atoms in total. The number of fused-ring (bicyclic) bond motifs is 3. The second-order valence-electron chi connectivity index (χ2n) is 9.59. The molecule has 2 heterocycles. The minimum absolute atomic E-state index is 0.173. The Kier molecular flexibility index (Phi) is 5.92. The summed E-state index contributed by atoms with van der Waals surface area (Å²) in [5.74, 6) is 0.658. The fourth-order valence-electron chi connectivity index (χ4n) is 5.21. The highest BCUT2D eigenvalue weighted by atomic mass is 32.2. The summed E-state index contributed by atoms with van der Waals surface area (Å²) in [6.45, 7) is 2.11. The third kappa shape index (κ3) is 4.39. The molecule has 178 valence electrons. The van der Waals surface area contributed by atoms with Crippen LogP contribution >= 0.6 is 0 Å². The van der Waals surface area contributed by atoms with Gasteiger partial charge in [0.25, 0.3) is 0 Å². The van der Waals surface area contributed by atoms with Gasteiger partial charge in [0, 0.05) is 11.6 Å². The summed E-state index contributed by atoms with van der Waals surface area (Å²) in [4.78, 5) is 15.2. The average molecular weight is 473 g/mol. The zero-order valence-electron chi connectivity index (χ0n) is 19.3. The molecule has 0 bridgehead atoms. The summed E-state index contributed by atoms with van der Waals surface area (Å²) in [6, 6.07) is 1.61. The van der Waals surface area contributed by atoms with Gasteiger partial charge >= 0.3 is 6.03 Å². The Labute approximate surface area is 195 Å². The quantitative estimate of drug-likeness (QED) is 0.694. The Bertz CT molecular complexity index is 1180. The highest BCUT2D eigenvalue weighted by Gasteiger charge is 2.29. The number of urea groups is 1. The van der Waals surface area contributed by atoms with Gasteiger partial charge in [0.1, 0.15) is 4.90 Å². The number of ether oxygens (including phenoxy) is 1. The van der Waals surface area contributed by atoms with Gasteiger partial charge in [-0.2, -0.15) is 5.10 Å². The van der Waals surface area contributed by atoms with Gasteiger partial charge in [-0.25, -0.2) is 18.8 Å². The van der Waals surface area contributed by atoms with Crippen molar-refractivity contribution in [3.05, 3.63) is 34.5 Å². The van der Waals surface area contributed by atoms with Gasteiger partial charge in [-0.3, -0.25) is 0 Å². The molecule has 0 fully saturated rings. The molecule has 33 heavy (non-hydrogen) atoms. The molecule has 0 saturated heterocycles. The first-order valence-electron chi connectivity index (χ1n) is 11.7. The van der Waals surface area contributed by atoms with Crippen molar-refractivity contribution in [2.45, 2.75) is 56.4 Å². The van der Waals surface area contributed by atoms with Crippen molar-refractivity contribution in [3.8, 4) is 5.88 Å². The Balaban J connectivity index is 1.37. The molecule has 2 unspecified atom stereocenters. The van der Waals surface area contributed by atoms with Crippen LogP contribution in [-0.2, 0) is 42.1 Å². The van der Waals surface area contributed by atoms with Crippen LogP contribution in [0.25, 0.3) is 0 Å². The second-order valence-corrected chi connectivity index (χ2v) is 11.3. The van der Waals surface area contributed by atoms with Crippen LogP contribution in [0.3, 0.4) is 0 Å². The highest BCUT2D eigenvalue weighted by molar-refractivity contribution is 7.91. The van der Waals surface area contributed by atoms with Gasteiger partial charge in [0.15, 0.2) is 9.92 Å². The van der Waals surface area contributed by atoms with E-state index in [0.717, 1.165) is 57.2 Å². The first-order valence-corrected chi connectivity index (χ1v) is 13.3. The Morgan fingerprint density at radius 2 is 1.97 bits per heavy atom. The number of aromatic nitrogens is 2. The number of hydrogen-bond acceptors (Lipinski definition) is 5. The molecule has 2 amide bonds. The molecule has 0 spiro atoms. The number of carbonyl (C=O) groups excluding carboxylic acids is 1. The van der Waals surface area contributed by atoms with Crippen LogP contribution in [0.15, 0.2) is 21.5 Å². The summed E-state index contributed by atoms with van der Waals surface area (Å²) >= 11 is 0. The van der Waals surface area contributed by atoms with Gasteiger partial charge in [-0.1, -0.05) is 6.07 Å². The summed E-state index contributed by atoms with van der Waals surface area (Å²) < 4.78 is 24.7. The van der Waals surface area contributed by atoms with Crippen LogP contribution in [0.5, 0.6) is 5.88 Å². The maximum Gasteiger partial charge on any atom is 0.354 e. The number of aryl methyl sites for hydroxylation is 2. The van der Waals surface area contributed by atoms with Crippen LogP contribution in [0, 0.1) is 5.92 Å². The number of nitrogens with zero attached hydrogens (tertiary/aromatic N) is 4. The molecule has 1 aromatic heterocycles. The molecular formula is C23H32N6O3S. The standard InChI is InChI=1S/C23H32N6O3S/c1-28(2)10-9-15-13-29-22(32-14-15)20(12-25-29)33(24,31)27-23(30)26-21-18-7-3-5-16(18)11-17-6-4-8-19(17)21/h11-12,15H,3-10,13-14H2,1-2H3,(H3,24,26,27,30,31). The fourth-order valence-corrected chi connectivity index (χ4v) is 6.22. The van der Waals surface area contributed by atoms with E-state index in [0.29, 0.717) is 24.9 Å². The number of nitrogens with one attached hydrogen (secondary N) is 1. The lowest BCUT2D eigenvalue weighted by Crippen LogP contribution is -2.29. The van der Waals surface area contributed by atoms with Crippen molar-refractivity contribution in [1.29, 1.82) is 0 Å². The number of hydrogen-bond donors (Lipinski definition) is 2. The van der Waals surface area contributed by atoms with Crippen molar-refractivity contribution >= 4 is 21.6 Å². The monoisotopic (exact) mass is 472 g/mol. The number of anilines is 1. The fraction of sp³-hybridized carbons (Fsp3) is 0.565. The van der Waals surface area contributed by atoms with E-state index in [2.05, 4.69) is 25.7 Å². The second kappa shape index (κ2) is 8.73. The molecule has 3 aliphatic rings. The molecule has 3 N–H and O–H groups in total. The van der Waals surface area contributed by atoms with Gasteiger partial charge in [0.05, 0.1) is 19.3 Å². The Hall–Kier alpha value is -2.43. The Morgan fingerprint density at radius 1 is 1.27 bits per heavy atom. The largest absolute Gasteiger partial charge is 0.477 e. The van der Waals surface area contributed by atoms with Gasteiger partial charge in [-0.05, 0) is 87.8 Å². The van der Waals surface area contributed by atoms with Crippen LogP contribution in [0.4, 0.5) is 10.5 Å². The first-order chi connectivity index (χ1) is 15.8. The zero-order valence-corrected chi connectivity index (χ0v) is 20.1. The van der Waals surface area contributed by atoms with E-state index in [1.54, 1.807) is 4.68 Å². The molecular weight excluding hydrogens is 440 g/mol. The van der Waals surface area contributed by atoms with Gasteiger partial charge < -0.3 is 15.0 Å².